The lowest BCUT2D eigenvalue weighted by molar-refractivity contribution is -0.116. The second-order valence-corrected chi connectivity index (χ2v) is 6.13. The molecule has 0 radical (unpaired) electrons. The molecule has 2 aromatic rings. The van der Waals surface area contributed by atoms with Crippen LogP contribution in [0, 0.1) is 5.92 Å². The zero-order valence-corrected chi connectivity index (χ0v) is 13.5. The van der Waals surface area contributed by atoms with E-state index >= 15 is 0 Å². The van der Waals surface area contributed by atoms with Crippen molar-refractivity contribution in [2.75, 3.05) is 5.32 Å². The van der Waals surface area contributed by atoms with Gasteiger partial charge < -0.3 is 9.88 Å². The monoisotopic (exact) mass is 355 g/mol. The summed E-state index contributed by atoms with van der Waals surface area (Å²) in [5, 5.41) is 3.45. The molecule has 4 nitrogen and oxygen atoms in total. The zero-order chi connectivity index (χ0) is 14.7. The highest BCUT2D eigenvalue weighted by atomic mass is 79.9. The van der Waals surface area contributed by atoms with Crippen molar-refractivity contribution < 1.29 is 4.79 Å². The molecular formula is C14H15BrClN3O. The Bertz CT molecular complexity index is 598. The molecule has 0 spiro atoms. The van der Waals surface area contributed by atoms with Crippen LogP contribution in [0.2, 0.25) is 5.02 Å². The van der Waals surface area contributed by atoms with Crippen molar-refractivity contribution in [1.29, 1.82) is 0 Å². The summed E-state index contributed by atoms with van der Waals surface area (Å²) < 4.78 is 1.77. The lowest BCUT2D eigenvalue weighted by Crippen LogP contribution is -2.27. The maximum absolute atomic E-state index is 12.2. The van der Waals surface area contributed by atoms with Gasteiger partial charge in [-0.3, -0.25) is 4.79 Å². The van der Waals surface area contributed by atoms with E-state index in [1.165, 1.54) is 0 Å². The molecule has 106 valence electrons. The number of benzene rings is 1. The van der Waals surface area contributed by atoms with Crippen molar-refractivity contribution in [3.63, 3.8) is 0 Å². The lowest BCUT2D eigenvalue weighted by Gasteiger charge is -2.17. The van der Waals surface area contributed by atoms with E-state index in [0.29, 0.717) is 16.4 Å². The van der Waals surface area contributed by atoms with Crippen molar-refractivity contribution in [1.82, 2.24) is 9.55 Å². The number of rotatable bonds is 4. The Hall–Kier alpha value is -1.33. The van der Waals surface area contributed by atoms with Gasteiger partial charge in [-0.15, -0.1) is 0 Å². The Kier molecular flexibility index (Phi) is 4.83. The standard InChI is InChI=1S/C14H15BrClN3O/c1-9(2)12(15)14(20)18-11-5-3-4-10(16)13(11)19-7-6-17-8-19/h3-9,12H,1-2H3,(H,18,20). The SMILES string of the molecule is CC(C)C(Br)C(=O)Nc1cccc(Cl)c1-n1ccnc1. The number of hydrogen-bond acceptors (Lipinski definition) is 2. The van der Waals surface area contributed by atoms with Crippen molar-refractivity contribution >= 4 is 39.1 Å². The Labute approximate surface area is 131 Å². The summed E-state index contributed by atoms with van der Waals surface area (Å²) >= 11 is 9.63. The van der Waals surface area contributed by atoms with Crippen LogP contribution in [0.25, 0.3) is 5.69 Å². The minimum atomic E-state index is -0.253. The first-order valence-corrected chi connectivity index (χ1v) is 7.52. The highest BCUT2D eigenvalue weighted by molar-refractivity contribution is 9.10. The first kappa shape index (κ1) is 15.1. The summed E-state index contributed by atoms with van der Waals surface area (Å²) in [6.45, 7) is 3.96. The van der Waals surface area contributed by atoms with Crippen molar-refractivity contribution in [2.24, 2.45) is 5.92 Å². The van der Waals surface area contributed by atoms with Gasteiger partial charge in [0.2, 0.25) is 5.91 Å². The van der Waals surface area contributed by atoms with Crippen molar-refractivity contribution in [3.8, 4) is 5.69 Å². The maximum Gasteiger partial charge on any atom is 0.238 e. The summed E-state index contributed by atoms with van der Waals surface area (Å²) in [5.41, 5.74) is 1.37. The third-order valence-corrected chi connectivity index (χ3v) is 4.62. The number of anilines is 1. The summed E-state index contributed by atoms with van der Waals surface area (Å²) in [7, 11) is 0. The molecule has 1 unspecified atom stereocenters. The molecule has 0 saturated carbocycles. The van der Waals surface area contributed by atoms with Crippen LogP contribution in [0.1, 0.15) is 13.8 Å². The number of carbonyl (C=O) groups is 1. The quantitative estimate of drug-likeness (QED) is 0.845. The largest absolute Gasteiger partial charge is 0.323 e. The molecule has 1 atom stereocenters. The molecule has 1 amide bonds. The van der Waals surface area contributed by atoms with Gasteiger partial charge >= 0.3 is 0 Å². The highest BCUT2D eigenvalue weighted by Gasteiger charge is 2.20. The number of halogens is 2. The van der Waals surface area contributed by atoms with Gasteiger partial charge in [0.05, 0.1) is 27.6 Å². The Morgan fingerprint density at radius 2 is 2.20 bits per heavy atom. The smallest absolute Gasteiger partial charge is 0.238 e. The summed E-state index contributed by atoms with van der Waals surface area (Å²) in [5.74, 6) is 0.106. The predicted molar refractivity (Wildman–Crippen MR) is 84.8 cm³/mol. The van der Waals surface area contributed by atoms with Crippen LogP contribution in [-0.2, 0) is 4.79 Å². The number of nitrogens with one attached hydrogen (secondary N) is 1. The second kappa shape index (κ2) is 6.41. The number of para-hydroxylation sites is 1. The minimum absolute atomic E-state index is 0.0939. The van der Waals surface area contributed by atoms with Crippen LogP contribution >= 0.6 is 27.5 Å². The van der Waals surface area contributed by atoms with Crippen LogP contribution in [-0.4, -0.2) is 20.3 Å². The molecule has 2 rings (SSSR count). The number of aromatic nitrogens is 2. The van der Waals surface area contributed by atoms with Gasteiger partial charge in [-0.2, -0.15) is 0 Å². The van der Waals surface area contributed by atoms with Crippen LogP contribution in [0.4, 0.5) is 5.69 Å². The number of alkyl halides is 1. The topological polar surface area (TPSA) is 46.9 Å². The van der Waals surface area contributed by atoms with Gasteiger partial charge in [-0.1, -0.05) is 47.4 Å². The molecule has 20 heavy (non-hydrogen) atoms. The van der Waals surface area contributed by atoms with E-state index < -0.39 is 0 Å². The minimum Gasteiger partial charge on any atom is -0.323 e. The normalized spacial score (nSPS) is 12.4. The number of carbonyl (C=O) groups excluding carboxylic acids is 1. The third-order valence-electron chi connectivity index (χ3n) is 2.84. The molecule has 0 bridgehead atoms. The molecular weight excluding hydrogens is 342 g/mol. The Balaban J connectivity index is 2.34. The average molecular weight is 357 g/mol. The van der Waals surface area contributed by atoms with Gasteiger partial charge in [0.1, 0.15) is 0 Å². The van der Waals surface area contributed by atoms with Crippen LogP contribution in [0.15, 0.2) is 36.9 Å². The number of hydrogen-bond donors (Lipinski definition) is 1. The number of imidazole rings is 1. The Morgan fingerprint density at radius 1 is 1.45 bits per heavy atom. The van der Waals surface area contributed by atoms with Crippen LogP contribution in [0.3, 0.4) is 0 Å². The summed E-state index contributed by atoms with van der Waals surface area (Å²) in [6.07, 6.45) is 5.09. The van der Waals surface area contributed by atoms with E-state index in [0.717, 1.165) is 0 Å². The molecule has 1 aromatic heterocycles. The van der Waals surface area contributed by atoms with Crippen molar-refractivity contribution in [2.45, 2.75) is 18.7 Å². The van der Waals surface area contributed by atoms with E-state index in [-0.39, 0.29) is 16.7 Å². The number of amides is 1. The van der Waals surface area contributed by atoms with Gasteiger partial charge in [0.15, 0.2) is 0 Å². The molecule has 6 heteroatoms. The first-order valence-electron chi connectivity index (χ1n) is 6.22. The van der Waals surface area contributed by atoms with Gasteiger partial charge in [0, 0.05) is 12.4 Å². The molecule has 0 fully saturated rings. The molecule has 0 saturated heterocycles. The van der Waals surface area contributed by atoms with Crippen molar-refractivity contribution in [3.05, 3.63) is 41.9 Å². The van der Waals surface area contributed by atoms with E-state index in [4.69, 9.17) is 11.6 Å². The third kappa shape index (κ3) is 3.22. The predicted octanol–water partition coefficient (Wildman–Crippen LogP) is 3.88. The second-order valence-electron chi connectivity index (χ2n) is 4.74. The fourth-order valence-corrected chi connectivity index (χ4v) is 2.16. The first-order chi connectivity index (χ1) is 9.50. The van der Waals surface area contributed by atoms with E-state index in [2.05, 4.69) is 26.2 Å². The summed E-state index contributed by atoms with van der Waals surface area (Å²) in [4.78, 5) is 15.9. The van der Waals surface area contributed by atoms with Crippen LogP contribution < -0.4 is 5.32 Å². The maximum atomic E-state index is 12.2. The number of nitrogens with zero attached hydrogens (tertiary/aromatic N) is 2. The fourth-order valence-electron chi connectivity index (χ4n) is 1.77. The van der Waals surface area contributed by atoms with Gasteiger partial charge in [0.25, 0.3) is 0 Å². The summed E-state index contributed by atoms with van der Waals surface area (Å²) in [6, 6.07) is 5.40. The van der Waals surface area contributed by atoms with E-state index in [1.54, 1.807) is 35.4 Å². The lowest BCUT2D eigenvalue weighted by atomic mass is 10.1. The Morgan fingerprint density at radius 3 is 2.80 bits per heavy atom. The molecule has 1 heterocycles. The van der Waals surface area contributed by atoms with Gasteiger partial charge in [-0.25, -0.2) is 4.98 Å². The van der Waals surface area contributed by atoms with E-state index in [1.807, 2.05) is 19.9 Å². The molecule has 1 aromatic carbocycles. The van der Waals surface area contributed by atoms with E-state index in [9.17, 15) is 4.79 Å². The van der Waals surface area contributed by atoms with Gasteiger partial charge in [-0.05, 0) is 18.1 Å². The molecule has 0 aliphatic heterocycles. The highest BCUT2D eigenvalue weighted by Crippen LogP contribution is 2.29. The zero-order valence-electron chi connectivity index (χ0n) is 11.2. The molecule has 0 aliphatic rings. The molecule has 0 aliphatic carbocycles. The molecule has 1 N–H and O–H groups in total. The fraction of sp³-hybridized carbons (Fsp3) is 0.286. The average Bonchev–Trinajstić information content (AvgIpc) is 2.91. The van der Waals surface area contributed by atoms with Crippen LogP contribution in [0.5, 0.6) is 0 Å².